The normalized spacial score (nSPS) is 11.2. The highest BCUT2D eigenvalue weighted by Crippen LogP contribution is 2.20. The highest BCUT2D eigenvalue weighted by Gasteiger charge is 2.05. The van der Waals surface area contributed by atoms with Gasteiger partial charge in [0.2, 0.25) is 0 Å². The third kappa shape index (κ3) is 2.90. The Balaban J connectivity index is 2.17. The molecule has 0 aliphatic rings. The number of nitrogens with one attached hydrogen (secondary N) is 1. The number of nitrogens with zero attached hydrogens (tertiary/aromatic N) is 1. The summed E-state index contributed by atoms with van der Waals surface area (Å²) in [6.45, 7) is 3.17. The largest absolute Gasteiger partial charge is 0.395 e. The van der Waals surface area contributed by atoms with Gasteiger partial charge in [-0.1, -0.05) is 18.2 Å². The number of aliphatic hydroxyl groups is 1. The molecule has 4 heteroatoms. The molecule has 0 unspecified atom stereocenters. The number of benzene rings is 1. The van der Waals surface area contributed by atoms with E-state index < -0.39 is 0 Å². The quantitative estimate of drug-likeness (QED) is 0.728. The van der Waals surface area contributed by atoms with E-state index in [9.17, 15) is 0 Å². The van der Waals surface area contributed by atoms with E-state index in [-0.39, 0.29) is 6.61 Å². The van der Waals surface area contributed by atoms with E-state index in [4.69, 9.17) is 9.84 Å². The van der Waals surface area contributed by atoms with Crippen molar-refractivity contribution < 1.29 is 9.84 Å². The molecule has 2 rings (SSSR count). The summed E-state index contributed by atoms with van der Waals surface area (Å²) in [4.78, 5) is 0. The molecule has 4 nitrogen and oxygen atoms in total. The van der Waals surface area contributed by atoms with Crippen LogP contribution in [-0.2, 0) is 17.8 Å². The van der Waals surface area contributed by atoms with Crippen molar-refractivity contribution in [2.24, 2.45) is 0 Å². The lowest BCUT2D eigenvalue weighted by Crippen LogP contribution is -2.19. The number of rotatable bonds is 7. The van der Waals surface area contributed by atoms with Crippen LogP contribution in [0.3, 0.4) is 0 Å². The lowest BCUT2D eigenvalue weighted by atomic mass is 10.1. The van der Waals surface area contributed by atoms with Crippen molar-refractivity contribution in [3.8, 4) is 0 Å². The molecule has 1 aromatic carbocycles. The van der Waals surface area contributed by atoms with Gasteiger partial charge in [-0.2, -0.15) is 0 Å². The molecular formula is C14H20N2O2. The van der Waals surface area contributed by atoms with Gasteiger partial charge in [0.25, 0.3) is 0 Å². The minimum Gasteiger partial charge on any atom is -0.395 e. The van der Waals surface area contributed by atoms with Gasteiger partial charge in [-0.05, 0) is 17.0 Å². The van der Waals surface area contributed by atoms with Gasteiger partial charge >= 0.3 is 0 Å². The Morgan fingerprint density at radius 2 is 2.22 bits per heavy atom. The van der Waals surface area contributed by atoms with E-state index in [1.807, 2.05) is 6.20 Å². The number of para-hydroxylation sites is 1. The highest BCUT2D eigenvalue weighted by atomic mass is 16.5. The Morgan fingerprint density at radius 1 is 1.33 bits per heavy atom. The van der Waals surface area contributed by atoms with Crippen LogP contribution in [-0.4, -0.2) is 36.5 Å². The minimum absolute atomic E-state index is 0.162. The first kappa shape index (κ1) is 13.1. The first-order chi connectivity index (χ1) is 8.86. The van der Waals surface area contributed by atoms with E-state index in [0.717, 1.165) is 13.1 Å². The van der Waals surface area contributed by atoms with Gasteiger partial charge in [0.05, 0.1) is 18.7 Å². The van der Waals surface area contributed by atoms with Gasteiger partial charge in [0.15, 0.2) is 0 Å². The van der Waals surface area contributed by atoms with Crippen LogP contribution in [0.1, 0.15) is 5.56 Å². The smallest absolute Gasteiger partial charge is 0.0610 e. The Bertz CT molecular complexity index is 493. The van der Waals surface area contributed by atoms with E-state index in [1.54, 1.807) is 7.11 Å². The van der Waals surface area contributed by atoms with Crippen molar-refractivity contribution in [3.05, 3.63) is 36.0 Å². The molecule has 0 saturated heterocycles. The van der Waals surface area contributed by atoms with Gasteiger partial charge in [0.1, 0.15) is 0 Å². The molecule has 0 bridgehead atoms. The molecule has 18 heavy (non-hydrogen) atoms. The third-order valence-corrected chi connectivity index (χ3v) is 3.01. The number of ether oxygens (including phenoxy) is 1. The summed E-state index contributed by atoms with van der Waals surface area (Å²) in [6, 6.07) is 8.38. The second-order valence-corrected chi connectivity index (χ2v) is 4.26. The van der Waals surface area contributed by atoms with Crippen molar-refractivity contribution in [1.29, 1.82) is 0 Å². The molecule has 0 saturated carbocycles. The molecule has 0 aliphatic carbocycles. The first-order valence-electron chi connectivity index (χ1n) is 6.24. The average molecular weight is 248 g/mol. The average Bonchev–Trinajstić information content (AvgIpc) is 2.79. The second-order valence-electron chi connectivity index (χ2n) is 4.26. The molecule has 98 valence electrons. The van der Waals surface area contributed by atoms with Crippen LogP contribution < -0.4 is 5.32 Å². The number of aliphatic hydroxyl groups excluding tert-OH is 1. The fourth-order valence-electron chi connectivity index (χ4n) is 2.17. The predicted molar refractivity (Wildman–Crippen MR) is 72.6 cm³/mol. The Morgan fingerprint density at radius 3 is 3.00 bits per heavy atom. The Hall–Kier alpha value is -1.36. The monoisotopic (exact) mass is 248 g/mol. The SMILES string of the molecule is COCCNCc1cccc2ccn(CCO)c12. The van der Waals surface area contributed by atoms with Crippen LogP contribution in [0.5, 0.6) is 0 Å². The fraction of sp³-hybridized carbons (Fsp3) is 0.429. The Kier molecular flexibility index (Phi) is 4.75. The molecule has 0 aliphatic heterocycles. The van der Waals surface area contributed by atoms with Crippen molar-refractivity contribution in [3.63, 3.8) is 0 Å². The molecule has 0 atom stereocenters. The van der Waals surface area contributed by atoms with E-state index >= 15 is 0 Å². The van der Waals surface area contributed by atoms with Crippen LogP contribution in [0.15, 0.2) is 30.5 Å². The molecule has 0 amide bonds. The number of aromatic nitrogens is 1. The maximum atomic E-state index is 9.08. The summed E-state index contributed by atoms with van der Waals surface area (Å²) in [5.74, 6) is 0. The van der Waals surface area contributed by atoms with E-state index in [2.05, 4.69) is 34.1 Å². The highest BCUT2D eigenvalue weighted by molar-refractivity contribution is 5.83. The first-order valence-corrected chi connectivity index (χ1v) is 6.24. The molecule has 0 fully saturated rings. The molecule has 2 aromatic rings. The fourth-order valence-corrected chi connectivity index (χ4v) is 2.17. The van der Waals surface area contributed by atoms with Gasteiger partial charge in [-0.15, -0.1) is 0 Å². The molecule has 2 N–H and O–H groups in total. The van der Waals surface area contributed by atoms with E-state index in [0.29, 0.717) is 13.2 Å². The number of hydrogen-bond donors (Lipinski definition) is 2. The topological polar surface area (TPSA) is 46.4 Å². The van der Waals surface area contributed by atoms with Crippen molar-refractivity contribution in [2.75, 3.05) is 26.9 Å². The summed E-state index contributed by atoms with van der Waals surface area (Å²) < 4.78 is 7.11. The van der Waals surface area contributed by atoms with Gasteiger partial charge in [0, 0.05) is 32.9 Å². The van der Waals surface area contributed by atoms with Crippen molar-refractivity contribution in [2.45, 2.75) is 13.1 Å². The molecule has 1 heterocycles. The van der Waals surface area contributed by atoms with Crippen molar-refractivity contribution >= 4 is 10.9 Å². The molecule has 0 spiro atoms. The minimum atomic E-state index is 0.162. The summed E-state index contributed by atoms with van der Waals surface area (Å²) in [5, 5.41) is 13.7. The van der Waals surface area contributed by atoms with Crippen molar-refractivity contribution in [1.82, 2.24) is 9.88 Å². The third-order valence-electron chi connectivity index (χ3n) is 3.01. The number of fused-ring (bicyclic) bond motifs is 1. The van der Waals surface area contributed by atoms with Crippen LogP contribution >= 0.6 is 0 Å². The predicted octanol–water partition coefficient (Wildman–Crippen LogP) is 1.37. The molecule has 0 radical (unpaired) electrons. The second kappa shape index (κ2) is 6.54. The van der Waals surface area contributed by atoms with Crippen LogP contribution in [0.4, 0.5) is 0 Å². The summed E-state index contributed by atoms with van der Waals surface area (Å²) >= 11 is 0. The Labute approximate surface area is 107 Å². The standard InChI is InChI=1S/C14H20N2O2/c1-18-10-6-15-11-13-4-2-3-12-5-7-16(8-9-17)14(12)13/h2-5,7,15,17H,6,8-11H2,1H3. The van der Waals surface area contributed by atoms with Gasteiger partial charge in [-0.25, -0.2) is 0 Å². The summed E-state index contributed by atoms with van der Waals surface area (Å²) in [6.07, 6.45) is 2.03. The summed E-state index contributed by atoms with van der Waals surface area (Å²) in [5.41, 5.74) is 2.46. The number of methoxy groups -OCH3 is 1. The van der Waals surface area contributed by atoms with Crippen LogP contribution in [0.25, 0.3) is 10.9 Å². The van der Waals surface area contributed by atoms with Gasteiger partial charge in [-0.3, -0.25) is 0 Å². The maximum Gasteiger partial charge on any atom is 0.0610 e. The summed E-state index contributed by atoms with van der Waals surface area (Å²) in [7, 11) is 1.70. The maximum absolute atomic E-state index is 9.08. The zero-order valence-corrected chi connectivity index (χ0v) is 10.7. The van der Waals surface area contributed by atoms with Crippen LogP contribution in [0, 0.1) is 0 Å². The van der Waals surface area contributed by atoms with Crippen LogP contribution in [0.2, 0.25) is 0 Å². The van der Waals surface area contributed by atoms with Gasteiger partial charge < -0.3 is 19.7 Å². The zero-order chi connectivity index (χ0) is 12.8. The number of hydrogen-bond acceptors (Lipinski definition) is 3. The lowest BCUT2D eigenvalue weighted by Gasteiger charge is -2.09. The van der Waals surface area contributed by atoms with E-state index in [1.165, 1.54) is 16.5 Å². The molecular weight excluding hydrogens is 228 g/mol. The molecule has 1 aromatic heterocycles. The zero-order valence-electron chi connectivity index (χ0n) is 10.7. The lowest BCUT2D eigenvalue weighted by molar-refractivity contribution is 0.199.